The molecule has 84 valence electrons. The molecule has 0 N–H and O–H groups in total. The summed E-state index contributed by atoms with van der Waals surface area (Å²) in [6.07, 6.45) is 0. The second-order valence-electron chi connectivity index (χ2n) is 2.87. The Morgan fingerprint density at radius 1 is 1.19 bits per heavy atom. The van der Waals surface area contributed by atoms with Crippen LogP contribution in [0.4, 0.5) is 12.9 Å². The van der Waals surface area contributed by atoms with Crippen molar-refractivity contribution in [3.63, 3.8) is 0 Å². The zero-order chi connectivity index (χ0) is 11.3. The molecule has 1 aromatic carbocycles. The summed E-state index contributed by atoms with van der Waals surface area (Å²) in [4.78, 5) is 0. The van der Waals surface area contributed by atoms with Crippen molar-refractivity contribution in [1.82, 2.24) is 0 Å². The Labute approximate surface area is 135 Å². The van der Waals surface area contributed by atoms with Crippen LogP contribution in [-0.2, 0) is 4.74 Å². The van der Waals surface area contributed by atoms with Gasteiger partial charge in [0.25, 0.3) is 0 Å². The fourth-order valence-electron chi connectivity index (χ4n) is 1.07. The van der Waals surface area contributed by atoms with Gasteiger partial charge in [-0.15, -0.1) is 0 Å². The summed E-state index contributed by atoms with van der Waals surface area (Å²) in [5, 5.41) is 0. The topological polar surface area (TPSA) is 18.5 Å². The van der Waals surface area contributed by atoms with Gasteiger partial charge >= 0.3 is 58.4 Å². The van der Waals surface area contributed by atoms with E-state index in [-0.39, 0.29) is 63.9 Å². The van der Waals surface area contributed by atoms with Crippen molar-refractivity contribution >= 4 is 12.4 Å². The van der Waals surface area contributed by atoms with Gasteiger partial charge in [0.15, 0.2) is 6.79 Å². The van der Waals surface area contributed by atoms with Crippen LogP contribution in [0, 0.1) is 0 Å². The van der Waals surface area contributed by atoms with Crippen molar-refractivity contribution in [2.45, 2.75) is 6.92 Å². The Morgan fingerprint density at radius 2 is 1.81 bits per heavy atom. The molecule has 0 spiro atoms. The number of rotatable bonds is 5. The molecule has 0 aliphatic carbocycles. The molecule has 0 bridgehead atoms. The number of ether oxygens (including phenoxy) is 2. The second-order valence-corrected chi connectivity index (χ2v) is 2.87. The van der Waals surface area contributed by atoms with Crippen LogP contribution >= 0.6 is 0 Å². The smallest absolute Gasteiger partial charge is 0.471 e. The van der Waals surface area contributed by atoms with Gasteiger partial charge in [-0.3, -0.25) is 0 Å². The average molecular weight is 258 g/mol. The summed E-state index contributed by atoms with van der Waals surface area (Å²) in [6.45, 7) is -3.06. The van der Waals surface area contributed by atoms with Crippen LogP contribution < -0.4 is 61.6 Å². The van der Waals surface area contributed by atoms with Crippen molar-refractivity contribution in [3.05, 3.63) is 24.3 Å². The maximum Gasteiger partial charge on any atom is 1.00 e. The molecular weight excluding hydrogens is 247 g/mol. The molecule has 0 aliphatic heterocycles. The van der Waals surface area contributed by atoms with E-state index in [0.29, 0.717) is 6.61 Å². The molecule has 0 saturated carbocycles. The monoisotopic (exact) mass is 258 g/mol. The van der Waals surface area contributed by atoms with Gasteiger partial charge in [0.2, 0.25) is 0 Å². The summed E-state index contributed by atoms with van der Waals surface area (Å²) < 4.78 is 47.2. The van der Waals surface area contributed by atoms with E-state index in [1.54, 1.807) is 6.92 Å². The molecule has 0 unspecified atom stereocenters. The van der Waals surface area contributed by atoms with Crippen LogP contribution in [0.15, 0.2) is 24.3 Å². The van der Waals surface area contributed by atoms with E-state index in [1.165, 1.54) is 18.2 Å². The normalized spacial score (nSPS) is 10.8. The molecule has 1 aromatic rings. The first-order valence-electron chi connectivity index (χ1n) is 4.55. The molecule has 1 rings (SSSR count). The number of benzene rings is 1. The van der Waals surface area contributed by atoms with Crippen LogP contribution in [0.5, 0.6) is 5.75 Å². The SMILES string of the molecule is CCOCOc1ccccc1[B-](F)(F)F.[K+]. The van der Waals surface area contributed by atoms with E-state index < -0.39 is 12.4 Å². The van der Waals surface area contributed by atoms with Crippen LogP contribution in [-0.4, -0.2) is 20.4 Å². The fourth-order valence-corrected chi connectivity index (χ4v) is 1.07. The Hall–Kier alpha value is 0.471. The Balaban J connectivity index is 0.00000225. The summed E-state index contributed by atoms with van der Waals surface area (Å²) in [5.41, 5.74) is -0.725. The number of hydrogen-bond donors (Lipinski definition) is 0. The molecule has 0 atom stereocenters. The van der Waals surface area contributed by atoms with Crippen LogP contribution in [0.2, 0.25) is 0 Å². The minimum atomic E-state index is -5.04. The van der Waals surface area contributed by atoms with Crippen LogP contribution in [0.1, 0.15) is 6.92 Å². The molecule has 0 saturated heterocycles. The molecule has 0 amide bonds. The number of halogens is 3. The van der Waals surface area contributed by atoms with Crippen LogP contribution in [0.25, 0.3) is 0 Å². The van der Waals surface area contributed by atoms with Gasteiger partial charge in [-0.2, -0.15) is 0 Å². The third-order valence-electron chi connectivity index (χ3n) is 1.77. The summed E-state index contributed by atoms with van der Waals surface area (Å²) in [7, 11) is 0. The minimum absolute atomic E-state index is 0. The van der Waals surface area contributed by atoms with Gasteiger partial charge in [0, 0.05) is 6.61 Å². The van der Waals surface area contributed by atoms with E-state index in [1.807, 2.05) is 0 Å². The molecule has 0 fully saturated rings. The molecule has 2 nitrogen and oxygen atoms in total. The standard InChI is InChI=1S/C9H11BF3O2.K/c1-2-14-7-15-9-6-4-3-5-8(9)10(11,12)13;/h3-6H,2,7H2,1H3;/q-1;+1. The molecular formula is C9H11BF3KO2. The van der Waals surface area contributed by atoms with Crippen molar-refractivity contribution in [2.24, 2.45) is 0 Å². The van der Waals surface area contributed by atoms with Crippen molar-refractivity contribution in [3.8, 4) is 5.75 Å². The van der Waals surface area contributed by atoms with Gasteiger partial charge < -0.3 is 22.4 Å². The fraction of sp³-hybridized carbons (Fsp3) is 0.333. The largest absolute Gasteiger partial charge is 1.00 e. The molecule has 0 aliphatic rings. The molecule has 7 heteroatoms. The predicted molar refractivity (Wildman–Crippen MR) is 52.3 cm³/mol. The van der Waals surface area contributed by atoms with E-state index >= 15 is 0 Å². The average Bonchev–Trinajstić information content (AvgIpc) is 2.17. The van der Waals surface area contributed by atoms with Crippen LogP contribution in [0.3, 0.4) is 0 Å². The molecule has 0 heterocycles. The van der Waals surface area contributed by atoms with E-state index in [0.717, 1.165) is 6.07 Å². The third kappa shape index (κ3) is 5.20. The van der Waals surface area contributed by atoms with E-state index in [2.05, 4.69) is 0 Å². The van der Waals surface area contributed by atoms with E-state index in [9.17, 15) is 12.9 Å². The molecule has 16 heavy (non-hydrogen) atoms. The van der Waals surface area contributed by atoms with Crippen molar-refractivity contribution in [2.75, 3.05) is 13.4 Å². The van der Waals surface area contributed by atoms with Crippen molar-refractivity contribution < 1.29 is 73.8 Å². The van der Waals surface area contributed by atoms with Gasteiger partial charge in [0.05, 0.1) is 5.75 Å². The zero-order valence-electron chi connectivity index (χ0n) is 9.25. The van der Waals surface area contributed by atoms with Crippen molar-refractivity contribution in [1.29, 1.82) is 0 Å². The maximum atomic E-state index is 12.5. The zero-order valence-corrected chi connectivity index (χ0v) is 12.4. The predicted octanol–water partition coefficient (Wildman–Crippen LogP) is -0.882. The number of hydrogen-bond acceptors (Lipinski definition) is 2. The summed E-state index contributed by atoms with van der Waals surface area (Å²) in [6, 6.07) is 5.11. The quantitative estimate of drug-likeness (QED) is 0.388. The summed E-state index contributed by atoms with van der Waals surface area (Å²) >= 11 is 0. The van der Waals surface area contributed by atoms with Gasteiger partial charge in [0.1, 0.15) is 0 Å². The Morgan fingerprint density at radius 3 is 2.38 bits per heavy atom. The molecule has 0 radical (unpaired) electrons. The maximum absolute atomic E-state index is 12.5. The second kappa shape index (κ2) is 7.73. The first-order chi connectivity index (χ1) is 7.05. The summed E-state index contributed by atoms with van der Waals surface area (Å²) in [5.74, 6) is -0.182. The third-order valence-corrected chi connectivity index (χ3v) is 1.77. The van der Waals surface area contributed by atoms with Gasteiger partial charge in [-0.1, -0.05) is 23.7 Å². The first-order valence-corrected chi connectivity index (χ1v) is 4.55. The first kappa shape index (κ1) is 16.5. The number of para-hydroxylation sites is 1. The Bertz CT molecular complexity index is 320. The minimum Gasteiger partial charge on any atom is -0.471 e. The van der Waals surface area contributed by atoms with Gasteiger partial charge in [-0.05, 0) is 13.0 Å². The molecule has 0 aromatic heterocycles. The van der Waals surface area contributed by atoms with Gasteiger partial charge in [-0.25, -0.2) is 0 Å². The Kier molecular flexibility index (Phi) is 7.96. The van der Waals surface area contributed by atoms with E-state index in [4.69, 9.17) is 9.47 Å².